The molecular weight excluding hydrogens is 298 g/mol. The fraction of sp³-hybridized carbons (Fsp3) is 0.471. The van der Waals surface area contributed by atoms with E-state index in [2.05, 4.69) is 0 Å². The van der Waals surface area contributed by atoms with Crippen LogP contribution in [0.5, 0.6) is 0 Å². The average molecular weight is 315 g/mol. The first kappa shape index (κ1) is 14.4. The van der Waals surface area contributed by atoms with Crippen LogP contribution >= 0.6 is 0 Å². The highest BCUT2D eigenvalue weighted by atomic mass is 16.7. The number of ether oxygens (including phenoxy) is 1. The van der Waals surface area contributed by atoms with Gasteiger partial charge in [0.1, 0.15) is 0 Å². The van der Waals surface area contributed by atoms with Gasteiger partial charge in [-0.3, -0.25) is 9.59 Å². The summed E-state index contributed by atoms with van der Waals surface area (Å²) >= 11 is 0. The normalized spacial score (nSPS) is 29.4. The second-order valence-corrected chi connectivity index (χ2v) is 6.29. The molecule has 120 valence electrons. The molecule has 4 rings (SSSR count). The third-order valence-electron chi connectivity index (χ3n) is 5.00. The van der Waals surface area contributed by atoms with Gasteiger partial charge in [-0.25, -0.2) is 4.79 Å². The van der Waals surface area contributed by atoms with Crippen LogP contribution in [0.2, 0.25) is 0 Å². The minimum absolute atomic E-state index is 0.100. The summed E-state index contributed by atoms with van der Waals surface area (Å²) in [4.78, 5) is 42.1. The largest absolute Gasteiger partial charge is 0.377 e. The zero-order valence-corrected chi connectivity index (χ0v) is 12.6. The van der Waals surface area contributed by atoms with E-state index >= 15 is 0 Å². The molecule has 6 nitrogen and oxygen atoms in total. The van der Waals surface area contributed by atoms with Gasteiger partial charge in [0.25, 0.3) is 11.8 Å². The van der Waals surface area contributed by atoms with E-state index in [1.807, 2.05) is 0 Å². The van der Waals surface area contributed by atoms with Crippen molar-refractivity contribution in [2.75, 3.05) is 6.61 Å². The number of hydrogen-bond donors (Lipinski definition) is 0. The lowest BCUT2D eigenvalue weighted by Gasteiger charge is -2.26. The molecule has 3 atom stereocenters. The summed E-state index contributed by atoms with van der Waals surface area (Å²) in [5.74, 6) is -1.99. The Morgan fingerprint density at radius 2 is 1.74 bits per heavy atom. The first-order valence-electron chi connectivity index (χ1n) is 7.98. The van der Waals surface area contributed by atoms with Crippen molar-refractivity contribution >= 4 is 17.8 Å². The first-order chi connectivity index (χ1) is 11.2. The lowest BCUT2D eigenvalue weighted by Crippen LogP contribution is -2.38. The molecule has 0 aromatic heterocycles. The highest BCUT2D eigenvalue weighted by Crippen LogP contribution is 2.39. The van der Waals surface area contributed by atoms with Gasteiger partial charge in [0, 0.05) is 5.92 Å². The number of rotatable bonds is 2. The molecule has 0 N–H and O–H groups in total. The lowest BCUT2D eigenvalue weighted by molar-refractivity contribution is -0.175. The van der Waals surface area contributed by atoms with Crippen LogP contribution in [-0.2, 0) is 14.4 Å². The number of hydrogen-bond acceptors (Lipinski definition) is 5. The van der Waals surface area contributed by atoms with Gasteiger partial charge < -0.3 is 9.57 Å². The minimum atomic E-state index is -0.585. The van der Waals surface area contributed by atoms with E-state index in [4.69, 9.17) is 9.57 Å². The topological polar surface area (TPSA) is 72.9 Å². The molecule has 23 heavy (non-hydrogen) atoms. The summed E-state index contributed by atoms with van der Waals surface area (Å²) < 4.78 is 5.68. The molecule has 2 aliphatic heterocycles. The van der Waals surface area contributed by atoms with Crippen molar-refractivity contribution in [3.8, 4) is 0 Å². The van der Waals surface area contributed by atoms with Crippen molar-refractivity contribution < 1.29 is 24.0 Å². The Balaban J connectivity index is 1.50. The van der Waals surface area contributed by atoms with E-state index in [0.29, 0.717) is 11.7 Å². The number of nitrogens with zero attached hydrogens (tertiary/aromatic N) is 1. The number of fused-ring (bicyclic) bond motifs is 2. The summed E-state index contributed by atoms with van der Waals surface area (Å²) in [5, 5.41) is 0.586. The maximum Gasteiger partial charge on any atom is 0.338 e. The summed E-state index contributed by atoms with van der Waals surface area (Å²) in [7, 11) is 0. The highest BCUT2D eigenvalue weighted by Gasteiger charge is 2.46. The monoisotopic (exact) mass is 315 g/mol. The Kier molecular flexibility index (Phi) is 3.41. The SMILES string of the molecule is O=C(ON1C(=O)c2ccccc2C1=O)[C@H]1CO[C@H]2CCCC[C@H]21. The molecule has 2 heterocycles. The van der Waals surface area contributed by atoms with Crippen LogP contribution in [0.3, 0.4) is 0 Å². The van der Waals surface area contributed by atoms with Crippen molar-refractivity contribution in [2.45, 2.75) is 31.8 Å². The third-order valence-corrected chi connectivity index (χ3v) is 5.00. The standard InChI is InChI=1S/C17H17NO5/c19-15-11-6-1-2-7-12(11)16(20)18(15)23-17(21)13-9-22-14-8-4-3-5-10(13)14/h1-2,6-7,10,13-14H,3-5,8-9H2/t10-,13-,14-/m0/s1. The Bertz CT molecular complexity index is 650. The van der Waals surface area contributed by atoms with Crippen LogP contribution in [0.1, 0.15) is 46.4 Å². The molecule has 1 saturated carbocycles. The Labute approximate surface area is 133 Å². The van der Waals surface area contributed by atoms with Gasteiger partial charge in [-0.15, -0.1) is 0 Å². The fourth-order valence-corrected chi connectivity index (χ4v) is 3.79. The molecule has 0 unspecified atom stereocenters. The van der Waals surface area contributed by atoms with Crippen molar-refractivity contribution in [1.82, 2.24) is 5.06 Å². The molecule has 1 aliphatic carbocycles. The van der Waals surface area contributed by atoms with Crippen molar-refractivity contribution in [2.24, 2.45) is 11.8 Å². The van der Waals surface area contributed by atoms with E-state index in [0.717, 1.165) is 25.7 Å². The van der Waals surface area contributed by atoms with Crippen LogP contribution in [0.4, 0.5) is 0 Å². The molecule has 3 aliphatic rings. The molecular formula is C17H17NO5. The number of amides is 2. The van der Waals surface area contributed by atoms with Gasteiger partial charge in [-0.05, 0) is 25.0 Å². The molecule has 1 aromatic rings. The summed E-state index contributed by atoms with van der Waals surface area (Å²) in [6, 6.07) is 6.46. The minimum Gasteiger partial charge on any atom is -0.377 e. The van der Waals surface area contributed by atoms with Crippen molar-refractivity contribution in [3.63, 3.8) is 0 Å². The summed E-state index contributed by atoms with van der Waals surface area (Å²) in [5.41, 5.74) is 0.534. The number of hydroxylamine groups is 2. The lowest BCUT2D eigenvalue weighted by atomic mass is 9.80. The van der Waals surface area contributed by atoms with E-state index in [-0.39, 0.29) is 23.1 Å². The number of imide groups is 1. The molecule has 1 aromatic carbocycles. The maximum absolute atomic E-state index is 12.5. The van der Waals surface area contributed by atoms with Crippen LogP contribution in [0.25, 0.3) is 0 Å². The molecule has 2 amide bonds. The number of benzene rings is 1. The van der Waals surface area contributed by atoms with E-state index in [1.165, 1.54) is 0 Å². The van der Waals surface area contributed by atoms with Crippen molar-refractivity contribution in [3.05, 3.63) is 35.4 Å². The fourth-order valence-electron chi connectivity index (χ4n) is 3.79. The Morgan fingerprint density at radius 1 is 1.09 bits per heavy atom. The van der Waals surface area contributed by atoms with Gasteiger partial charge in [0.2, 0.25) is 0 Å². The van der Waals surface area contributed by atoms with Gasteiger partial charge in [0.05, 0.1) is 29.8 Å². The van der Waals surface area contributed by atoms with Gasteiger partial charge >= 0.3 is 5.97 Å². The third kappa shape index (κ3) is 2.25. The first-order valence-corrected chi connectivity index (χ1v) is 7.98. The number of carbonyl (C=O) groups is 3. The van der Waals surface area contributed by atoms with Crippen LogP contribution < -0.4 is 0 Å². The van der Waals surface area contributed by atoms with Gasteiger partial charge in [-0.2, -0.15) is 0 Å². The number of carbonyl (C=O) groups excluding carboxylic acids is 3. The van der Waals surface area contributed by atoms with Gasteiger partial charge in [0.15, 0.2) is 0 Å². The van der Waals surface area contributed by atoms with E-state index in [1.54, 1.807) is 24.3 Å². The molecule has 0 spiro atoms. The maximum atomic E-state index is 12.5. The van der Waals surface area contributed by atoms with Crippen LogP contribution in [0, 0.1) is 11.8 Å². The second kappa shape index (κ2) is 5.45. The van der Waals surface area contributed by atoms with Crippen molar-refractivity contribution in [1.29, 1.82) is 0 Å². The predicted octanol–water partition coefficient (Wildman–Crippen LogP) is 1.95. The molecule has 6 heteroatoms. The Hall–Kier alpha value is -2.21. The second-order valence-electron chi connectivity index (χ2n) is 6.29. The quantitative estimate of drug-likeness (QED) is 0.780. The highest BCUT2D eigenvalue weighted by molar-refractivity contribution is 6.20. The van der Waals surface area contributed by atoms with Gasteiger partial charge in [-0.1, -0.05) is 30.0 Å². The predicted molar refractivity (Wildman–Crippen MR) is 78.2 cm³/mol. The molecule has 0 bridgehead atoms. The molecule has 1 saturated heterocycles. The van der Waals surface area contributed by atoms with Crippen LogP contribution in [-0.4, -0.2) is 35.6 Å². The average Bonchev–Trinajstić information content (AvgIpc) is 3.11. The zero-order chi connectivity index (χ0) is 16.0. The van der Waals surface area contributed by atoms with Crippen LogP contribution in [0.15, 0.2) is 24.3 Å². The van der Waals surface area contributed by atoms with E-state index < -0.39 is 23.7 Å². The summed E-state index contributed by atoms with van der Waals surface area (Å²) in [6.07, 6.45) is 4.17. The molecule has 2 fully saturated rings. The Morgan fingerprint density at radius 3 is 2.43 bits per heavy atom. The summed E-state index contributed by atoms with van der Waals surface area (Å²) in [6.45, 7) is 0.303. The molecule has 0 radical (unpaired) electrons. The zero-order valence-electron chi connectivity index (χ0n) is 12.6. The smallest absolute Gasteiger partial charge is 0.338 e. The van der Waals surface area contributed by atoms with E-state index in [9.17, 15) is 14.4 Å².